The summed E-state index contributed by atoms with van der Waals surface area (Å²) in [6.07, 6.45) is 3.03. The van der Waals surface area contributed by atoms with Gasteiger partial charge >= 0.3 is 5.91 Å². The first kappa shape index (κ1) is 29.4. The van der Waals surface area contributed by atoms with Crippen molar-refractivity contribution in [2.75, 3.05) is 4.90 Å². The second-order valence-electron chi connectivity index (χ2n) is 10.5. The van der Waals surface area contributed by atoms with Crippen molar-refractivity contribution in [3.8, 4) is 5.75 Å². The molecule has 0 aliphatic carbocycles. The molecule has 1 saturated heterocycles. The molecule has 0 spiro atoms. The zero-order valence-corrected chi connectivity index (χ0v) is 25.9. The minimum absolute atomic E-state index is 0.0448. The minimum Gasteiger partial charge on any atom is -0.507 e. The van der Waals surface area contributed by atoms with E-state index in [0.29, 0.717) is 33.6 Å². The molecule has 46 heavy (non-hydrogen) atoms. The van der Waals surface area contributed by atoms with E-state index in [1.807, 2.05) is 54.6 Å². The summed E-state index contributed by atoms with van der Waals surface area (Å²) in [6, 6.07) is 33.6. The topological polar surface area (TPSA) is 106 Å². The zero-order chi connectivity index (χ0) is 31.5. The minimum atomic E-state index is -0.961. The predicted molar refractivity (Wildman–Crippen MR) is 180 cm³/mol. The van der Waals surface area contributed by atoms with Gasteiger partial charge in [0.25, 0.3) is 5.78 Å². The van der Waals surface area contributed by atoms with Gasteiger partial charge in [-0.05, 0) is 51.7 Å². The van der Waals surface area contributed by atoms with Crippen LogP contribution >= 0.6 is 23.1 Å². The molecule has 1 N–H and O–H groups in total. The number of rotatable bonds is 9. The number of carbonyl (C=O) groups excluding carboxylic acids is 2. The number of anilines is 1. The lowest BCUT2D eigenvalue weighted by Gasteiger charge is -2.23. The molecule has 3 heterocycles. The Labute approximate surface area is 273 Å². The standard InChI is InChI=1S/C36H26N4O4S2/c41-32(25-16-18-37-19-17-25)30-31(26-12-7-14-28(20-26)44-21-23-8-2-1-3-9-23)40(34(43)33(30)42)35-38-39-36(46-35)45-22-27-13-6-11-24-10-4-5-15-29(24)27/h1-20,31,41H,21-22H2/b32-30+. The van der Waals surface area contributed by atoms with Gasteiger partial charge in [0.15, 0.2) is 4.34 Å². The summed E-state index contributed by atoms with van der Waals surface area (Å²) < 4.78 is 6.72. The molecule has 4 aromatic carbocycles. The number of aromatic nitrogens is 3. The van der Waals surface area contributed by atoms with Gasteiger partial charge in [-0.2, -0.15) is 0 Å². The number of ether oxygens (including phenoxy) is 1. The molecule has 226 valence electrons. The highest BCUT2D eigenvalue weighted by Crippen LogP contribution is 2.44. The third-order valence-electron chi connectivity index (χ3n) is 7.65. The second-order valence-corrected chi connectivity index (χ2v) is 12.7. The fourth-order valence-corrected chi connectivity index (χ4v) is 7.31. The number of benzene rings is 4. The average Bonchev–Trinajstić information content (AvgIpc) is 3.68. The van der Waals surface area contributed by atoms with Crippen molar-refractivity contribution in [3.05, 3.63) is 149 Å². The van der Waals surface area contributed by atoms with Gasteiger partial charge in [0.2, 0.25) is 5.13 Å². The quantitative estimate of drug-likeness (QED) is 0.0566. The third-order valence-corrected chi connectivity index (χ3v) is 9.76. The van der Waals surface area contributed by atoms with E-state index in [9.17, 15) is 14.7 Å². The van der Waals surface area contributed by atoms with Crippen LogP contribution in [0, 0.1) is 0 Å². The lowest BCUT2D eigenvalue weighted by molar-refractivity contribution is -0.132. The van der Waals surface area contributed by atoms with Crippen LogP contribution in [0.15, 0.2) is 132 Å². The Morgan fingerprint density at radius 2 is 1.63 bits per heavy atom. The third kappa shape index (κ3) is 5.88. The lowest BCUT2D eigenvalue weighted by Crippen LogP contribution is -2.29. The number of Topliss-reactive ketones (excluding diaryl/α,β-unsaturated/α-hetero) is 1. The molecule has 1 amide bonds. The fourth-order valence-electron chi connectivity index (χ4n) is 5.44. The average molecular weight is 643 g/mol. The van der Waals surface area contributed by atoms with E-state index in [4.69, 9.17) is 4.74 Å². The molecule has 1 aliphatic rings. The maximum atomic E-state index is 13.7. The summed E-state index contributed by atoms with van der Waals surface area (Å²) in [6.45, 7) is 0.342. The summed E-state index contributed by atoms with van der Waals surface area (Å²) in [5, 5.41) is 22.7. The van der Waals surface area contributed by atoms with Crippen LogP contribution in [-0.4, -0.2) is 32.0 Å². The number of thioether (sulfide) groups is 1. The fraction of sp³-hybridized carbons (Fsp3) is 0.0833. The molecule has 0 radical (unpaired) electrons. The number of carbonyl (C=O) groups is 2. The number of hydrogen-bond donors (Lipinski definition) is 1. The summed E-state index contributed by atoms with van der Waals surface area (Å²) in [7, 11) is 0. The molecule has 0 bridgehead atoms. The SMILES string of the molecule is O=C1C(=O)N(c2nnc(SCc3cccc4ccccc34)s2)C(c2cccc(OCc3ccccc3)c2)/C1=C(\O)c1ccncc1. The Morgan fingerprint density at radius 3 is 2.48 bits per heavy atom. The largest absolute Gasteiger partial charge is 0.507 e. The first-order valence-electron chi connectivity index (χ1n) is 14.5. The summed E-state index contributed by atoms with van der Waals surface area (Å²) in [5.74, 6) is -0.687. The van der Waals surface area contributed by atoms with Gasteiger partial charge < -0.3 is 9.84 Å². The first-order chi connectivity index (χ1) is 22.6. The van der Waals surface area contributed by atoms with Crippen molar-refractivity contribution in [1.29, 1.82) is 0 Å². The van der Waals surface area contributed by atoms with Crippen LogP contribution in [0.25, 0.3) is 16.5 Å². The normalized spacial score (nSPS) is 15.8. The van der Waals surface area contributed by atoms with E-state index < -0.39 is 17.7 Å². The molecule has 8 nitrogen and oxygen atoms in total. The number of hydrogen-bond acceptors (Lipinski definition) is 9. The van der Waals surface area contributed by atoms with Crippen molar-refractivity contribution in [2.24, 2.45) is 0 Å². The van der Waals surface area contributed by atoms with Crippen LogP contribution in [0.3, 0.4) is 0 Å². The number of fused-ring (bicyclic) bond motifs is 1. The Balaban J connectivity index is 1.23. The molecule has 10 heteroatoms. The van der Waals surface area contributed by atoms with Gasteiger partial charge in [-0.3, -0.25) is 19.5 Å². The van der Waals surface area contributed by atoms with Crippen molar-refractivity contribution in [2.45, 2.75) is 22.7 Å². The summed E-state index contributed by atoms with van der Waals surface area (Å²) in [5.41, 5.74) is 3.07. The molecule has 6 aromatic rings. The van der Waals surface area contributed by atoms with Crippen LogP contribution in [0.4, 0.5) is 5.13 Å². The number of ketones is 1. The van der Waals surface area contributed by atoms with E-state index in [-0.39, 0.29) is 16.5 Å². The highest BCUT2D eigenvalue weighted by atomic mass is 32.2. The van der Waals surface area contributed by atoms with Gasteiger partial charge in [0.05, 0.1) is 11.6 Å². The van der Waals surface area contributed by atoms with E-state index in [0.717, 1.165) is 16.5 Å². The van der Waals surface area contributed by atoms with Crippen molar-refractivity contribution in [1.82, 2.24) is 15.2 Å². The van der Waals surface area contributed by atoms with Crippen molar-refractivity contribution in [3.63, 3.8) is 0 Å². The summed E-state index contributed by atoms with van der Waals surface area (Å²) in [4.78, 5) is 32.6. The highest BCUT2D eigenvalue weighted by Gasteiger charge is 2.48. The first-order valence-corrected chi connectivity index (χ1v) is 16.3. The predicted octanol–water partition coefficient (Wildman–Crippen LogP) is 7.58. The molecular weight excluding hydrogens is 617 g/mol. The molecule has 1 aliphatic heterocycles. The molecule has 1 fully saturated rings. The number of aliphatic hydroxyl groups excluding tert-OH is 1. The Morgan fingerprint density at radius 1 is 0.870 bits per heavy atom. The molecule has 0 saturated carbocycles. The van der Waals surface area contributed by atoms with E-state index >= 15 is 0 Å². The second kappa shape index (κ2) is 13.0. The Kier molecular flexibility index (Phi) is 8.28. The number of aliphatic hydroxyl groups is 1. The van der Waals surface area contributed by atoms with Gasteiger partial charge in [-0.1, -0.05) is 108 Å². The van der Waals surface area contributed by atoms with E-state index in [1.165, 1.54) is 45.8 Å². The van der Waals surface area contributed by atoms with Gasteiger partial charge in [0.1, 0.15) is 18.1 Å². The smallest absolute Gasteiger partial charge is 0.301 e. The van der Waals surface area contributed by atoms with Crippen molar-refractivity contribution < 1.29 is 19.4 Å². The van der Waals surface area contributed by atoms with Crippen molar-refractivity contribution >= 4 is 56.5 Å². The Hall–Kier alpha value is -5.32. The van der Waals surface area contributed by atoms with Gasteiger partial charge in [0, 0.05) is 23.7 Å². The number of pyridine rings is 1. The van der Waals surface area contributed by atoms with Crippen LogP contribution in [0.2, 0.25) is 0 Å². The molecule has 2 aromatic heterocycles. The van der Waals surface area contributed by atoms with Gasteiger partial charge in [-0.25, -0.2) is 0 Å². The lowest BCUT2D eigenvalue weighted by atomic mass is 9.95. The molecule has 1 unspecified atom stereocenters. The highest BCUT2D eigenvalue weighted by molar-refractivity contribution is 8.00. The van der Waals surface area contributed by atoms with Crippen LogP contribution < -0.4 is 9.64 Å². The number of amides is 1. The van der Waals surface area contributed by atoms with E-state index in [1.54, 1.807) is 30.3 Å². The summed E-state index contributed by atoms with van der Waals surface area (Å²) >= 11 is 2.74. The molecular formula is C36H26N4O4S2. The zero-order valence-electron chi connectivity index (χ0n) is 24.3. The van der Waals surface area contributed by atoms with Crippen LogP contribution in [0.5, 0.6) is 5.75 Å². The Bertz CT molecular complexity index is 2080. The van der Waals surface area contributed by atoms with Crippen LogP contribution in [0.1, 0.15) is 28.3 Å². The monoisotopic (exact) mass is 642 g/mol. The van der Waals surface area contributed by atoms with E-state index in [2.05, 4.69) is 39.4 Å². The van der Waals surface area contributed by atoms with Crippen LogP contribution in [-0.2, 0) is 21.9 Å². The maximum Gasteiger partial charge on any atom is 0.301 e. The molecule has 7 rings (SSSR count). The number of nitrogens with zero attached hydrogens (tertiary/aromatic N) is 4. The van der Waals surface area contributed by atoms with Gasteiger partial charge in [-0.15, -0.1) is 10.2 Å². The maximum absolute atomic E-state index is 13.7. The molecule has 1 atom stereocenters.